The smallest absolute Gasteiger partial charge is 0.255 e. The zero-order valence-corrected chi connectivity index (χ0v) is 16.3. The molecule has 3 N–H and O–H groups in total. The van der Waals surface area contributed by atoms with E-state index in [2.05, 4.69) is 5.32 Å². The van der Waals surface area contributed by atoms with E-state index in [9.17, 15) is 13.2 Å². The molecule has 1 aliphatic rings. The van der Waals surface area contributed by atoms with Gasteiger partial charge in [-0.2, -0.15) is 0 Å². The van der Waals surface area contributed by atoms with E-state index < -0.39 is 10.0 Å². The van der Waals surface area contributed by atoms with E-state index >= 15 is 0 Å². The van der Waals surface area contributed by atoms with Gasteiger partial charge in [-0.3, -0.25) is 4.79 Å². The number of amides is 1. The zero-order chi connectivity index (χ0) is 19.8. The first kappa shape index (κ1) is 19.5. The summed E-state index contributed by atoms with van der Waals surface area (Å²) in [6, 6.07) is 9.37. The van der Waals surface area contributed by atoms with Crippen molar-refractivity contribution < 1.29 is 22.7 Å². The molecule has 0 aromatic heterocycles. The van der Waals surface area contributed by atoms with Gasteiger partial charge in [0.1, 0.15) is 11.5 Å². The van der Waals surface area contributed by atoms with E-state index in [0.29, 0.717) is 22.1 Å². The first-order chi connectivity index (χ1) is 12.7. The number of primary sulfonamides is 1. The molecule has 27 heavy (non-hydrogen) atoms. The van der Waals surface area contributed by atoms with Gasteiger partial charge in [-0.25, -0.2) is 13.6 Å². The summed E-state index contributed by atoms with van der Waals surface area (Å²) in [5.74, 6) is 0.598. The maximum atomic E-state index is 12.6. The maximum absolute atomic E-state index is 12.6. The maximum Gasteiger partial charge on any atom is 0.255 e. The Morgan fingerprint density at radius 1 is 1.15 bits per heavy atom. The Morgan fingerprint density at radius 3 is 2.33 bits per heavy atom. The summed E-state index contributed by atoms with van der Waals surface area (Å²) in [7, 11) is -0.770. The van der Waals surface area contributed by atoms with E-state index in [-0.39, 0.29) is 22.8 Å². The van der Waals surface area contributed by atoms with Crippen LogP contribution in [0.25, 0.3) is 0 Å². The minimum absolute atomic E-state index is 0.0524. The molecule has 9 heteroatoms. The number of sulfonamides is 1. The molecule has 0 heterocycles. The predicted molar refractivity (Wildman–Crippen MR) is 101 cm³/mol. The molecular weight excluding hydrogens is 392 g/mol. The van der Waals surface area contributed by atoms with Gasteiger partial charge >= 0.3 is 0 Å². The van der Waals surface area contributed by atoms with Crippen molar-refractivity contribution in [1.29, 1.82) is 0 Å². The van der Waals surface area contributed by atoms with E-state index in [0.717, 1.165) is 12.0 Å². The fourth-order valence-corrected chi connectivity index (χ4v) is 3.67. The molecule has 0 spiro atoms. The Hall–Kier alpha value is -2.29. The highest BCUT2D eigenvalue weighted by atomic mass is 35.5. The molecule has 0 bridgehead atoms. The molecule has 3 rings (SSSR count). The van der Waals surface area contributed by atoms with Gasteiger partial charge in [0.2, 0.25) is 10.0 Å². The SMILES string of the molecule is COc1cc(OC)c(C(=O)NC2C[C@H]2c2ccc(S(N)(=O)=O)cc2)cc1Cl. The largest absolute Gasteiger partial charge is 0.496 e. The van der Waals surface area contributed by atoms with Crippen LogP contribution in [0.15, 0.2) is 41.3 Å². The molecule has 0 radical (unpaired) electrons. The number of nitrogens with two attached hydrogens (primary N) is 1. The summed E-state index contributed by atoms with van der Waals surface area (Å²) in [5.41, 5.74) is 1.26. The Bertz CT molecular complexity index is 976. The molecule has 7 nitrogen and oxygen atoms in total. The van der Waals surface area contributed by atoms with Gasteiger partial charge in [-0.05, 0) is 30.2 Å². The van der Waals surface area contributed by atoms with E-state index in [1.807, 2.05) is 0 Å². The van der Waals surface area contributed by atoms with Crippen molar-refractivity contribution >= 4 is 27.5 Å². The van der Waals surface area contributed by atoms with Crippen LogP contribution in [0.3, 0.4) is 0 Å². The van der Waals surface area contributed by atoms with Gasteiger partial charge < -0.3 is 14.8 Å². The van der Waals surface area contributed by atoms with Gasteiger partial charge in [0, 0.05) is 18.0 Å². The minimum Gasteiger partial charge on any atom is -0.496 e. The fraction of sp³-hybridized carbons (Fsp3) is 0.278. The molecule has 1 unspecified atom stereocenters. The quantitative estimate of drug-likeness (QED) is 0.759. The highest BCUT2D eigenvalue weighted by Crippen LogP contribution is 2.41. The van der Waals surface area contributed by atoms with Crippen molar-refractivity contribution in [3.05, 3.63) is 52.5 Å². The fourth-order valence-electron chi connectivity index (χ4n) is 2.91. The number of hydrogen-bond acceptors (Lipinski definition) is 5. The Labute approximate surface area is 162 Å². The molecule has 0 aliphatic heterocycles. The van der Waals surface area contributed by atoms with Crippen LogP contribution in [-0.2, 0) is 10.0 Å². The Morgan fingerprint density at radius 2 is 1.78 bits per heavy atom. The van der Waals surface area contributed by atoms with Gasteiger partial charge in [0.05, 0.1) is 29.7 Å². The first-order valence-corrected chi connectivity index (χ1v) is 10.0. The number of carbonyl (C=O) groups is 1. The van der Waals surface area contributed by atoms with Crippen molar-refractivity contribution in [3.8, 4) is 11.5 Å². The first-order valence-electron chi connectivity index (χ1n) is 8.09. The molecule has 1 saturated carbocycles. The summed E-state index contributed by atoms with van der Waals surface area (Å²) in [6.07, 6.45) is 0.757. The van der Waals surface area contributed by atoms with Crippen LogP contribution in [0.2, 0.25) is 5.02 Å². The lowest BCUT2D eigenvalue weighted by Crippen LogP contribution is -2.27. The van der Waals surface area contributed by atoms with Crippen LogP contribution in [0, 0.1) is 0 Å². The molecule has 0 saturated heterocycles. The van der Waals surface area contributed by atoms with Crippen LogP contribution < -0.4 is 19.9 Å². The monoisotopic (exact) mass is 410 g/mol. The topological polar surface area (TPSA) is 108 Å². The summed E-state index contributed by atoms with van der Waals surface area (Å²) >= 11 is 6.11. The average molecular weight is 411 g/mol. The third-order valence-corrected chi connectivity index (χ3v) is 5.69. The van der Waals surface area contributed by atoms with Crippen molar-refractivity contribution in [2.75, 3.05) is 14.2 Å². The zero-order valence-electron chi connectivity index (χ0n) is 14.7. The summed E-state index contributed by atoms with van der Waals surface area (Å²) in [6.45, 7) is 0. The summed E-state index contributed by atoms with van der Waals surface area (Å²) < 4.78 is 33.0. The third-order valence-electron chi connectivity index (χ3n) is 4.46. The van der Waals surface area contributed by atoms with Crippen LogP contribution >= 0.6 is 11.6 Å². The van der Waals surface area contributed by atoms with Crippen molar-refractivity contribution in [2.45, 2.75) is 23.3 Å². The van der Waals surface area contributed by atoms with Gasteiger partial charge in [0.15, 0.2) is 0 Å². The predicted octanol–water partition coefficient (Wildman–Crippen LogP) is 2.29. The number of carbonyl (C=O) groups excluding carboxylic acids is 1. The number of ether oxygens (including phenoxy) is 2. The number of nitrogens with one attached hydrogen (secondary N) is 1. The summed E-state index contributed by atoms with van der Waals surface area (Å²) in [5, 5.41) is 8.36. The van der Waals surface area contributed by atoms with E-state index in [1.54, 1.807) is 18.2 Å². The lowest BCUT2D eigenvalue weighted by Gasteiger charge is -2.12. The molecule has 1 aliphatic carbocycles. The van der Waals surface area contributed by atoms with Crippen LogP contribution in [0.5, 0.6) is 11.5 Å². The van der Waals surface area contributed by atoms with E-state index in [4.69, 9.17) is 26.2 Å². The van der Waals surface area contributed by atoms with Crippen LogP contribution in [0.4, 0.5) is 0 Å². The van der Waals surface area contributed by atoms with Gasteiger partial charge in [0.25, 0.3) is 5.91 Å². The molecule has 1 fully saturated rings. The second kappa shape index (κ2) is 7.38. The Balaban J connectivity index is 1.71. The molecule has 144 valence electrons. The summed E-state index contributed by atoms with van der Waals surface area (Å²) in [4.78, 5) is 12.7. The highest BCUT2D eigenvalue weighted by molar-refractivity contribution is 7.89. The van der Waals surface area contributed by atoms with E-state index in [1.165, 1.54) is 32.4 Å². The molecule has 2 aromatic carbocycles. The number of rotatable bonds is 6. The minimum atomic E-state index is -3.72. The second-order valence-corrected chi connectivity index (χ2v) is 8.19. The molecule has 2 aromatic rings. The van der Waals surface area contributed by atoms with Gasteiger partial charge in [-0.1, -0.05) is 23.7 Å². The Kier molecular flexibility index (Phi) is 5.32. The molecule has 2 atom stereocenters. The lowest BCUT2D eigenvalue weighted by atomic mass is 10.1. The van der Waals surface area contributed by atoms with Crippen LogP contribution in [0.1, 0.15) is 28.3 Å². The normalized spacial score (nSPS) is 18.7. The molecular formula is C18H19ClN2O5S. The lowest BCUT2D eigenvalue weighted by molar-refractivity contribution is 0.0947. The number of hydrogen-bond donors (Lipinski definition) is 2. The second-order valence-electron chi connectivity index (χ2n) is 6.22. The van der Waals surface area contributed by atoms with Gasteiger partial charge in [-0.15, -0.1) is 0 Å². The highest BCUT2D eigenvalue weighted by Gasteiger charge is 2.40. The van der Waals surface area contributed by atoms with Crippen LogP contribution in [-0.4, -0.2) is 34.6 Å². The third kappa shape index (κ3) is 4.18. The van der Waals surface area contributed by atoms with Crippen molar-refractivity contribution in [2.24, 2.45) is 5.14 Å². The number of halogens is 1. The number of benzene rings is 2. The standard InChI is InChI=1S/C18H19ClN2O5S/c1-25-16-9-17(26-2)14(19)7-13(16)18(22)21-15-8-12(15)10-3-5-11(6-4-10)27(20,23)24/h3-7,9,12,15H,8H2,1-2H3,(H,21,22)(H2,20,23,24)/t12-,15?/m0/s1. The van der Waals surface area contributed by atoms with Crippen molar-refractivity contribution in [1.82, 2.24) is 5.32 Å². The average Bonchev–Trinajstić information content (AvgIpc) is 3.39. The van der Waals surface area contributed by atoms with Crippen molar-refractivity contribution in [3.63, 3.8) is 0 Å². The molecule has 1 amide bonds. The number of methoxy groups -OCH3 is 2.